The van der Waals surface area contributed by atoms with Crippen LogP contribution in [0.3, 0.4) is 0 Å². The Labute approximate surface area is 110 Å². The summed E-state index contributed by atoms with van der Waals surface area (Å²) in [6, 6.07) is 0. The molecule has 0 radical (unpaired) electrons. The van der Waals surface area contributed by atoms with Crippen molar-refractivity contribution in [3.63, 3.8) is 0 Å². The maximum Gasteiger partial charge on any atom is 0.267 e. The largest absolute Gasteiger partial charge is 0.296 e. The number of rotatable bonds is 4. The van der Waals surface area contributed by atoms with Gasteiger partial charge in [-0.1, -0.05) is 13.8 Å². The molecule has 3 nitrogen and oxygen atoms in total. The standard InChI is InChI=1S/C11H17BrN2OS/c1-7(2)9(6-16)5-14-8(3)13-4-10(12)11(14)15/h4,7,9,16H,5-6H2,1-3H3. The van der Waals surface area contributed by atoms with Crippen LogP contribution in [0.4, 0.5) is 0 Å². The van der Waals surface area contributed by atoms with E-state index in [0.717, 1.165) is 11.6 Å². The highest BCUT2D eigenvalue weighted by Crippen LogP contribution is 2.15. The highest BCUT2D eigenvalue weighted by Gasteiger charge is 2.15. The van der Waals surface area contributed by atoms with Crippen molar-refractivity contribution in [1.82, 2.24) is 9.55 Å². The van der Waals surface area contributed by atoms with Gasteiger partial charge in [-0.2, -0.15) is 12.6 Å². The van der Waals surface area contributed by atoms with Crippen LogP contribution in [0.1, 0.15) is 19.7 Å². The van der Waals surface area contributed by atoms with Gasteiger partial charge in [-0.15, -0.1) is 0 Å². The average Bonchev–Trinajstić information content (AvgIpc) is 2.23. The molecule has 1 aromatic heterocycles. The second kappa shape index (κ2) is 5.87. The first-order valence-electron chi connectivity index (χ1n) is 5.30. The molecule has 16 heavy (non-hydrogen) atoms. The van der Waals surface area contributed by atoms with Crippen molar-refractivity contribution in [3.05, 3.63) is 26.8 Å². The summed E-state index contributed by atoms with van der Waals surface area (Å²) in [6.45, 7) is 6.82. The summed E-state index contributed by atoms with van der Waals surface area (Å²) in [7, 11) is 0. The normalized spacial score (nSPS) is 13.1. The zero-order chi connectivity index (χ0) is 12.3. The molecule has 0 aliphatic rings. The van der Waals surface area contributed by atoms with Crippen molar-refractivity contribution in [1.29, 1.82) is 0 Å². The fraction of sp³-hybridized carbons (Fsp3) is 0.636. The van der Waals surface area contributed by atoms with Gasteiger partial charge in [0.05, 0.1) is 0 Å². The van der Waals surface area contributed by atoms with Crippen molar-refractivity contribution in [2.45, 2.75) is 27.3 Å². The molecule has 90 valence electrons. The van der Waals surface area contributed by atoms with Crippen LogP contribution in [0.5, 0.6) is 0 Å². The lowest BCUT2D eigenvalue weighted by Crippen LogP contribution is -2.29. The van der Waals surface area contributed by atoms with Crippen molar-refractivity contribution in [2.24, 2.45) is 11.8 Å². The monoisotopic (exact) mass is 304 g/mol. The lowest BCUT2D eigenvalue weighted by Gasteiger charge is -2.20. The third-order valence-corrected chi connectivity index (χ3v) is 3.81. The van der Waals surface area contributed by atoms with Crippen LogP contribution in [0.2, 0.25) is 0 Å². The number of aromatic nitrogens is 2. The maximum atomic E-state index is 11.9. The van der Waals surface area contributed by atoms with Crippen LogP contribution < -0.4 is 5.56 Å². The van der Waals surface area contributed by atoms with E-state index in [1.165, 1.54) is 0 Å². The summed E-state index contributed by atoms with van der Waals surface area (Å²) in [5.74, 6) is 2.41. The fourth-order valence-corrected chi connectivity index (χ4v) is 2.33. The first-order chi connectivity index (χ1) is 7.47. The molecule has 0 aliphatic heterocycles. The average molecular weight is 305 g/mol. The molecule has 5 heteroatoms. The summed E-state index contributed by atoms with van der Waals surface area (Å²) in [5.41, 5.74) is -0.0140. The second-order valence-electron chi connectivity index (χ2n) is 4.26. The lowest BCUT2D eigenvalue weighted by molar-refractivity contribution is 0.361. The Morgan fingerprint density at radius 3 is 2.69 bits per heavy atom. The summed E-state index contributed by atoms with van der Waals surface area (Å²) in [6.07, 6.45) is 1.55. The van der Waals surface area contributed by atoms with Gasteiger partial charge in [0.2, 0.25) is 0 Å². The molecule has 1 aromatic rings. The van der Waals surface area contributed by atoms with Crippen molar-refractivity contribution in [3.8, 4) is 0 Å². The van der Waals surface area contributed by atoms with E-state index < -0.39 is 0 Å². The molecule has 0 N–H and O–H groups in total. The number of halogens is 1. The minimum absolute atomic E-state index is 0.0140. The zero-order valence-electron chi connectivity index (χ0n) is 9.77. The zero-order valence-corrected chi connectivity index (χ0v) is 12.3. The first-order valence-corrected chi connectivity index (χ1v) is 6.72. The fourth-order valence-electron chi connectivity index (χ4n) is 1.48. The number of hydrogen-bond donors (Lipinski definition) is 1. The van der Waals surface area contributed by atoms with Crippen LogP contribution in [0, 0.1) is 18.8 Å². The van der Waals surface area contributed by atoms with Gasteiger partial charge in [-0.3, -0.25) is 9.36 Å². The Bertz CT molecular complexity index is 417. The number of aryl methyl sites for hydroxylation is 1. The van der Waals surface area contributed by atoms with Gasteiger partial charge >= 0.3 is 0 Å². The van der Waals surface area contributed by atoms with Crippen molar-refractivity contribution in [2.75, 3.05) is 5.75 Å². The van der Waals surface area contributed by atoms with Crippen molar-refractivity contribution >= 4 is 28.6 Å². The van der Waals surface area contributed by atoms with E-state index in [0.29, 0.717) is 22.9 Å². The quantitative estimate of drug-likeness (QED) is 0.868. The third-order valence-electron chi connectivity index (χ3n) is 2.80. The molecule has 0 aliphatic carbocycles. The molecule has 1 unspecified atom stereocenters. The summed E-state index contributed by atoms with van der Waals surface area (Å²) >= 11 is 7.55. The van der Waals surface area contributed by atoms with E-state index in [-0.39, 0.29) is 5.56 Å². The summed E-state index contributed by atoms with van der Waals surface area (Å²) in [4.78, 5) is 16.1. The van der Waals surface area contributed by atoms with Gasteiger partial charge in [0.15, 0.2) is 0 Å². The predicted octanol–water partition coefficient (Wildman–Crippen LogP) is 2.52. The second-order valence-corrected chi connectivity index (χ2v) is 5.48. The Morgan fingerprint density at radius 1 is 1.56 bits per heavy atom. The molecule has 0 amide bonds. The molecular weight excluding hydrogens is 288 g/mol. The van der Waals surface area contributed by atoms with Gasteiger partial charge in [0, 0.05) is 12.7 Å². The molecule has 0 fully saturated rings. The molecule has 0 saturated carbocycles. The molecule has 1 rings (SSSR count). The van der Waals surface area contributed by atoms with Gasteiger partial charge < -0.3 is 0 Å². The Balaban J connectivity index is 3.05. The van der Waals surface area contributed by atoms with Crippen LogP contribution in [0.25, 0.3) is 0 Å². The molecule has 0 spiro atoms. The number of nitrogens with zero attached hydrogens (tertiary/aromatic N) is 2. The lowest BCUT2D eigenvalue weighted by atomic mass is 9.98. The Kier molecular flexibility index (Phi) is 5.05. The predicted molar refractivity (Wildman–Crippen MR) is 73.1 cm³/mol. The molecule has 0 aromatic carbocycles. The maximum absolute atomic E-state index is 11.9. The van der Waals surface area contributed by atoms with E-state index in [2.05, 4.69) is 47.4 Å². The van der Waals surface area contributed by atoms with E-state index in [9.17, 15) is 4.79 Å². The van der Waals surface area contributed by atoms with Crippen LogP contribution >= 0.6 is 28.6 Å². The van der Waals surface area contributed by atoms with Gasteiger partial charge in [-0.25, -0.2) is 4.98 Å². The number of hydrogen-bond acceptors (Lipinski definition) is 3. The van der Waals surface area contributed by atoms with Crippen molar-refractivity contribution < 1.29 is 0 Å². The molecule has 1 atom stereocenters. The SMILES string of the molecule is Cc1ncc(Br)c(=O)n1CC(CS)C(C)C. The minimum atomic E-state index is -0.0140. The molecular formula is C11H17BrN2OS. The van der Waals surface area contributed by atoms with Crippen LogP contribution in [0.15, 0.2) is 15.5 Å². The summed E-state index contributed by atoms with van der Waals surface area (Å²) in [5, 5.41) is 0. The topological polar surface area (TPSA) is 34.9 Å². The van der Waals surface area contributed by atoms with E-state index in [1.54, 1.807) is 10.8 Å². The van der Waals surface area contributed by atoms with E-state index in [4.69, 9.17) is 0 Å². The van der Waals surface area contributed by atoms with E-state index in [1.807, 2.05) is 6.92 Å². The number of thiol groups is 1. The van der Waals surface area contributed by atoms with Crippen LogP contribution in [-0.4, -0.2) is 15.3 Å². The highest BCUT2D eigenvalue weighted by molar-refractivity contribution is 9.10. The third kappa shape index (κ3) is 3.10. The molecule has 1 heterocycles. The summed E-state index contributed by atoms with van der Waals surface area (Å²) < 4.78 is 2.23. The van der Waals surface area contributed by atoms with Gasteiger partial charge in [-0.05, 0) is 40.4 Å². The van der Waals surface area contributed by atoms with E-state index >= 15 is 0 Å². The molecule has 0 saturated heterocycles. The smallest absolute Gasteiger partial charge is 0.267 e. The van der Waals surface area contributed by atoms with Crippen LogP contribution in [-0.2, 0) is 6.54 Å². The Hall–Kier alpha value is -0.290. The van der Waals surface area contributed by atoms with Gasteiger partial charge in [0.1, 0.15) is 10.3 Å². The highest BCUT2D eigenvalue weighted by atomic mass is 79.9. The van der Waals surface area contributed by atoms with Gasteiger partial charge in [0.25, 0.3) is 5.56 Å². The minimum Gasteiger partial charge on any atom is -0.296 e. The molecule has 0 bridgehead atoms. The Morgan fingerprint density at radius 2 is 2.19 bits per heavy atom. The first kappa shape index (κ1) is 13.8.